The van der Waals surface area contributed by atoms with Crippen LogP contribution >= 0.6 is 11.3 Å². The second-order valence-corrected chi connectivity index (χ2v) is 6.36. The van der Waals surface area contributed by atoms with Crippen molar-refractivity contribution in [3.8, 4) is 0 Å². The van der Waals surface area contributed by atoms with Crippen LogP contribution in [0.15, 0.2) is 5.38 Å². The third kappa shape index (κ3) is 3.11. The number of hydrogen-bond donors (Lipinski definition) is 1. The molecule has 1 aromatic rings. The molecule has 1 aromatic heterocycles. The maximum atomic E-state index is 5.60. The van der Waals surface area contributed by atoms with E-state index in [1.165, 1.54) is 44.5 Å². The molecule has 0 saturated carbocycles. The Morgan fingerprint density at radius 1 is 1.33 bits per heavy atom. The zero-order valence-electron chi connectivity index (χ0n) is 11.6. The summed E-state index contributed by atoms with van der Waals surface area (Å²) in [6.07, 6.45) is 5.33. The van der Waals surface area contributed by atoms with Crippen LogP contribution in [0.5, 0.6) is 0 Å². The van der Waals surface area contributed by atoms with E-state index in [0.717, 1.165) is 11.6 Å². The molecule has 1 saturated heterocycles. The molecule has 18 heavy (non-hydrogen) atoms. The van der Waals surface area contributed by atoms with Crippen LogP contribution in [0.3, 0.4) is 0 Å². The van der Waals surface area contributed by atoms with E-state index < -0.39 is 0 Å². The maximum absolute atomic E-state index is 5.60. The number of nitrogens with zero attached hydrogens (tertiary/aromatic N) is 2. The quantitative estimate of drug-likeness (QED) is 0.891. The standard InChI is InChI=1S/C14H25N3S/c1-3-14(4-2)5-7-17(8-6-14)10-12-11-18-13(9-15)16-12/h11H,3-10,15H2,1-2H3. The Balaban J connectivity index is 1.86. The van der Waals surface area contributed by atoms with Crippen molar-refractivity contribution in [1.82, 2.24) is 9.88 Å². The zero-order valence-corrected chi connectivity index (χ0v) is 12.4. The van der Waals surface area contributed by atoms with Crippen molar-refractivity contribution in [3.63, 3.8) is 0 Å². The van der Waals surface area contributed by atoms with Crippen LogP contribution in [-0.4, -0.2) is 23.0 Å². The van der Waals surface area contributed by atoms with Crippen molar-refractivity contribution < 1.29 is 0 Å². The lowest BCUT2D eigenvalue weighted by atomic mass is 9.74. The van der Waals surface area contributed by atoms with Gasteiger partial charge in [0.25, 0.3) is 0 Å². The first-order valence-electron chi connectivity index (χ1n) is 7.07. The molecule has 1 aliphatic rings. The Bertz CT molecular complexity index is 361. The molecule has 0 unspecified atom stereocenters. The van der Waals surface area contributed by atoms with Crippen LogP contribution in [-0.2, 0) is 13.1 Å². The smallest absolute Gasteiger partial charge is 0.106 e. The first kappa shape index (κ1) is 14.0. The molecule has 2 N–H and O–H groups in total. The number of rotatable bonds is 5. The summed E-state index contributed by atoms with van der Waals surface area (Å²) in [4.78, 5) is 7.09. The summed E-state index contributed by atoms with van der Waals surface area (Å²) in [5.41, 5.74) is 7.41. The Kier molecular flexibility index (Phi) is 4.76. The monoisotopic (exact) mass is 267 g/mol. The van der Waals surface area contributed by atoms with Crippen LogP contribution in [0.1, 0.15) is 50.2 Å². The predicted molar refractivity (Wildman–Crippen MR) is 77.5 cm³/mol. The molecule has 1 fully saturated rings. The average Bonchev–Trinajstić information content (AvgIpc) is 2.88. The fraction of sp³-hybridized carbons (Fsp3) is 0.786. The lowest BCUT2D eigenvalue weighted by molar-refractivity contribution is 0.0902. The van der Waals surface area contributed by atoms with Gasteiger partial charge in [-0.1, -0.05) is 26.7 Å². The van der Waals surface area contributed by atoms with E-state index in [0.29, 0.717) is 12.0 Å². The first-order valence-corrected chi connectivity index (χ1v) is 7.95. The molecule has 0 spiro atoms. The van der Waals surface area contributed by atoms with Gasteiger partial charge in [0, 0.05) is 18.5 Å². The fourth-order valence-electron chi connectivity index (χ4n) is 2.89. The second kappa shape index (κ2) is 6.13. The first-order chi connectivity index (χ1) is 8.71. The Labute approximate surface area is 114 Å². The van der Waals surface area contributed by atoms with Crippen molar-refractivity contribution in [1.29, 1.82) is 0 Å². The van der Waals surface area contributed by atoms with Gasteiger partial charge in [0.15, 0.2) is 0 Å². The maximum Gasteiger partial charge on any atom is 0.106 e. The third-order valence-electron chi connectivity index (χ3n) is 4.58. The van der Waals surface area contributed by atoms with E-state index in [9.17, 15) is 0 Å². The lowest BCUT2D eigenvalue weighted by Crippen LogP contribution is -2.39. The number of aromatic nitrogens is 1. The number of hydrogen-bond acceptors (Lipinski definition) is 4. The SMILES string of the molecule is CCC1(CC)CCN(Cc2csc(CN)n2)CC1. The molecule has 0 bridgehead atoms. The minimum atomic E-state index is 0.569. The molecule has 0 aromatic carbocycles. The Hall–Kier alpha value is -0.450. The van der Waals surface area contributed by atoms with Crippen molar-refractivity contribution in [2.45, 2.75) is 52.6 Å². The second-order valence-electron chi connectivity index (χ2n) is 5.42. The Morgan fingerprint density at radius 3 is 2.50 bits per heavy atom. The van der Waals surface area contributed by atoms with Gasteiger partial charge in [0.1, 0.15) is 5.01 Å². The van der Waals surface area contributed by atoms with Gasteiger partial charge in [-0.15, -0.1) is 11.3 Å². The third-order valence-corrected chi connectivity index (χ3v) is 5.50. The van der Waals surface area contributed by atoms with E-state index >= 15 is 0 Å². The van der Waals surface area contributed by atoms with Gasteiger partial charge in [-0.2, -0.15) is 0 Å². The van der Waals surface area contributed by atoms with E-state index in [2.05, 4.69) is 29.1 Å². The molecule has 0 amide bonds. The molecular formula is C14H25N3S. The molecule has 2 heterocycles. The highest BCUT2D eigenvalue weighted by Gasteiger charge is 2.31. The fourth-order valence-corrected chi connectivity index (χ4v) is 3.55. The van der Waals surface area contributed by atoms with Crippen molar-refractivity contribution in [2.75, 3.05) is 13.1 Å². The van der Waals surface area contributed by atoms with Crippen LogP contribution in [0.2, 0.25) is 0 Å². The van der Waals surface area contributed by atoms with Crippen molar-refractivity contribution in [3.05, 3.63) is 16.1 Å². The summed E-state index contributed by atoms with van der Waals surface area (Å²) in [5, 5.41) is 3.21. The Morgan fingerprint density at radius 2 is 2.00 bits per heavy atom. The summed E-state index contributed by atoms with van der Waals surface area (Å²) < 4.78 is 0. The number of likely N-dealkylation sites (tertiary alicyclic amines) is 1. The van der Waals surface area contributed by atoms with Gasteiger partial charge >= 0.3 is 0 Å². The summed E-state index contributed by atoms with van der Waals surface area (Å²) in [5.74, 6) is 0. The molecular weight excluding hydrogens is 242 g/mol. The zero-order chi connectivity index (χ0) is 13.0. The molecule has 4 heteroatoms. The minimum Gasteiger partial charge on any atom is -0.325 e. The number of thiazole rings is 1. The number of nitrogens with two attached hydrogens (primary N) is 1. The summed E-state index contributed by atoms with van der Waals surface area (Å²) in [6, 6.07) is 0. The van der Waals surface area contributed by atoms with Crippen LogP contribution in [0, 0.1) is 5.41 Å². The normalized spacial score (nSPS) is 20.2. The highest BCUT2D eigenvalue weighted by atomic mass is 32.1. The van der Waals surface area contributed by atoms with Gasteiger partial charge in [0.05, 0.1) is 5.69 Å². The van der Waals surface area contributed by atoms with Gasteiger partial charge in [-0.05, 0) is 31.3 Å². The van der Waals surface area contributed by atoms with Crippen LogP contribution in [0.4, 0.5) is 0 Å². The highest BCUT2D eigenvalue weighted by Crippen LogP contribution is 2.38. The van der Waals surface area contributed by atoms with Crippen LogP contribution in [0.25, 0.3) is 0 Å². The van der Waals surface area contributed by atoms with Crippen molar-refractivity contribution in [2.24, 2.45) is 11.1 Å². The lowest BCUT2D eigenvalue weighted by Gasteiger charge is -2.40. The van der Waals surface area contributed by atoms with E-state index in [1.807, 2.05) is 0 Å². The molecule has 0 atom stereocenters. The molecule has 102 valence electrons. The van der Waals surface area contributed by atoms with E-state index in [1.54, 1.807) is 11.3 Å². The largest absolute Gasteiger partial charge is 0.325 e. The predicted octanol–water partition coefficient (Wildman–Crippen LogP) is 3.00. The molecule has 1 aliphatic heterocycles. The molecule has 3 nitrogen and oxygen atoms in total. The van der Waals surface area contributed by atoms with Gasteiger partial charge in [-0.25, -0.2) is 4.98 Å². The highest BCUT2D eigenvalue weighted by molar-refractivity contribution is 7.09. The average molecular weight is 267 g/mol. The number of piperidine rings is 1. The van der Waals surface area contributed by atoms with Gasteiger partial charge in [-0.3, -0.25) is 4.90 Å². The molecule has 0 aliphatic carbocycles. The summed E-state index contributed by atoms with van der Waals surface area (Å²) in [7, 11) is 0. The van der Waals surface area contributed by atoms with Crippen LogP contribution < -0.4 is 5.73 Å². The van der Waals surface area contributed by atoms with Crippen molar-refractivity contribution >= 4 is 11.3 Å². The van der Waals surface area contributed by atoms with E-state index in [4.69, 9.17) is 5.73 Å². The molecule has 0 radical (unpaired) electrons. The topological polar surface area (TPSA) is 42.1 Å². The summed E-state index contributed by atoms with van der Waals surface area (Å²) >= 11 is 1.68. The minimum absolute atomic E-state index is 0.569. The van der Waals surface area contributed by atoms with Gasteiger partial charge in [0.2, 0.25) is 0 Å². The summed E-state index contributed by atoms with van der Waals surface area (Å²) in [6.45, 7) is 8.69. The molecule has 2 rings (SSSR count). The van der Waals surface area contributed by atoms with E-state index in [-0.39, 0.29) is 0 Å². The van der Waals surface area contributed by atoms with Gasteiger partial charge < -0.3 is 5.73 Å².